The van der Waals surface area contributed by atoms with Gasteiger partial charge in [-0.2, -0.15) is 0 Å². The van der Waals surface area contributed by atoms with Gasteiger partial charge in [0.05, 0.1) is 25.3 Å². The number of likely N-dealkylation sites (N-methyl/N-ethyl adjacent to an activating group) is 1. The molecule has 35 heavy (non-hydrogen) atoms. The van der Waals surface area contributed by atoms with Gasteiger partial charge in [-0.15, -0.1) is 0 Å². The van der Waals surface area contributed by atoms with E-state index in [1.165, 1.54) is 4.90 Å². The zero-order valence-electron chi connectivity index (χ0n) is 21.3. The first-order valence-electron chi connectivity index (χ1n) is 12.1. The number of carbonyl (C=O) groups is 2. The molecule has 1 unspecified atom stereocenters. The standard InChI is InChI=1S/C28H36N2O5/c1-6-7-8-17-35-22-14-13-21(18-23(22)34-5)25-24(26(31)20-11-9-19(2)10-12-20)27(32)28(33)30(25)16-15-29(3)4/h9-14,18,25,31H,6-8,15-17H2,1-5H3. The van der Waals surface area contributed by atoms with Gasteiger partial charge >= 0.3 is 0 Å². The zero-order valence-corrected chi connectivity index (χ0v) is 21.3. The summed E-state index contributed by atoms with van der Waals surface area (Å²) < 4.78 is 11.5. The number of aliphatic hydroxyl groups is 1. The van der Waals surface area contributed by atoms with E-state index in [2.05, 4.69) is 6.92 Å². The summed E-state index contributed by atoms with van der Waals surface area (Å²) >= 11 is 0. The number of Topliss-reactive ketones (excluding diaryl/α,β-unsaturated/α-hetero) is 1. The number of nitrogens with zero attached hydrogens (tertiary/aromatic N) is 2. The van der Waals surface area contributed by atoms with Gasteiger partial charge in [0.25, 0.3) is 11.7 Å². The molecule has 0 spiro atoms. The van der Waals surface area contributed by atoms with Crippen LogP contribution in [0.4, 0.5) is 0 Å². The SMILES string of the molecule is CCCCCOc1ccc(C2C(=C(O)c3ccc(C)cc3)C(=O)C(=O)N2CCN(C)C)cc1OC. The van der Waals surface area contributed by atoms with Crippen molar-refractivity contribution in [3.8, 4) is 11.5 Å². The summed E-state index contributed by atoms with van der Waals surface area (Å²) in [7, 11) is 5.38. The molecule has 1 heterocycles. The third-order valence-corrected chi connectivity index (χ3v) is 6.16. The number of unbranched alkanes of at least 4 members (excludes halogenated alkanes) is 2. The van der Waals surface area contributed by atoms with Gasteiger partial charge in [0.15, 0.2) is 11.5 Å². The van der Waals surface area contributed by atoms with Crippen LogP contribution >= 0.6 is 0 Å². The fraction of sp³-hybridized carbons (Fsp3) is 0.429. The molecule has 1 atom stereocenters. The average molecular weight is 481 g/mol. The highest BCUT2D eigenvalue weighted by Crippen LogP contribution is 2.42. The van der Waals surface area contributed by atoms with Crippen LogP contribution in [0.15, 0.2) is 48.0 Å². The second-order valence-corrected chi connectivity index (χ2v) is 9.13. The van der Waals surface area contributed by atoms with Crippen LogP contribution in [0.25, 0.3) is 5.76 Å². The Hall–Kier alpha value is -3.32. The van der Waals surface area contributed by atoms with Gasteiger partial charge < -0.3 is 24.4 Å². The fourth-order valence-corrected chi connectivity index (χ4v) is 4.14. The lowest BCUT2D eigenvalue weighted by Gasteiger charge is -2.27. The number of hydrogen-bond donors (Lipinski definition) is 1. The Labute approximate surface area is 207 Å². The van der Waals surface area contributed by atoms with Crippen LogP contribution in [0.3, 0.4) is 0 Å². The van der Waals surface area contributed by atoms with E-state index in [0.717, 1.165) is 24.8 Å². The van der Waals surface area contributed by atoms with Gasteiger partial charge in [-0.3, -0.25) is 9.59 Å². The Morgan fingerprint density at radius 1 is 1.06 bits per heavy atom. The highest BCUT2D eigenvalue weighted by Gasteiger charge is 2.46. The number of ether oxygens (including phenoxy) is 2. The van der Waals surface area contributed by atoms with Crippen LogP contribution in [-0.2, 0) is 9.59 Å². The smallest absolute Gasteiger partial charge is 0.295 e. The summed E-state index contributed by atoms with van der Waals surface area (Å²) in [6.07, 6.45) is 3.13. The first kappa shape index (κ1) is 26.3. The van der Waals surface area contributed by atoms with Crippen LogP contribution in [0.5, 0.6) is 11.5 Å². The minimum atomic E-state index is -0.737. The van der Waals surface area contributed by atoms with E-state index in [-0.39, 0.29) is 11.3 Å². The molecule has 1 amide bonds. The normalized spacial score (nSPS) is 17.3. The predicted octanol–water partition coefficient (Wildman–Crippen LogP) is 4.56. The monoisotopic (exact) mass is 480 g/mol. The molecule has 0 aliphatic carbocycles. The van der Waals surface area contributed by atoms with Crippen molar-refractivity contribution in [1.29, 1.82) is 0 Å². The van der Waals surface area contributed by atoms with E-state index < -0.39 is 17.7 Å². The Balaban J connectivity index is 2.06. The number of rotatable bonds is 11. The van der Waals surface area contributed by atoms with Crippen molar-refractivity contribution in [1.82, 2.24) is 9.80 Å². The molecule has 3 rings (SSSR count). The Morgan fingerprint density at radius 3 is 2.40 bits per heavy atom. The summed E-state index contributed by atoms with van der Waals surface area (Å²) in [6, 6.07) is 11.9. The maximum atomic E-state index is 13.2. The number of ketones is 1. The number of aryl methyl sites for hydroxylation is 1. The minimum Gasteiger partial charge on any atom is -0.507 e. The van der Waals surface area contributed by atoms with Gasteiger partial charge in [0.1, 0.15) is 5.76 Å². The maximum Gasteiger partial charge on any atom is 0.295 e. The number of methoxy groups -OCH3 is 1. The van der Waals surface area contributed by atoms with E-state index in [1.807, 2.05) is 44.1 Å². The van der Waals surface area contributed by atoms with Crippen LogP contribution in [-0.4, -0.2) is 67.5 Å². The predicted molar refractivity (Wildman–Crippen MR) is 137 cm³/mol. The number of hydrogen-bond acceptors (Lipinski definition) is 6. The molecule has 0 saturated carbocycles. The van der Waals surface area contributed by atoms with Gasteiger partial charge in [0, 0.05) is 18.7 Å². The largest absolute Gasteiger partial charge is 0.507 e. The van der Waals surface area contributed by atoms with Crippen molar-refractivity contribution >= 4 is 17.4 Å². The molecular formula is C28H36N2O5. The molecule has 0 bridgehead atoms. The summed E-state index contributed by atoms with van der Waals surface area (Å²) in [4.78, 5) is 29.7. The third kappa shape index (κ3) is 6.03. The van der Waals surface area contributed by atoms with Gasteiger partial charge in [-0.25, -0.2) is 0 Å². The summed E-state index contributed by atoms with van der Waals surface area (Å²) in [5, 5.41) is 11.2. The van der Waals surface area contributed by atoms with Crippen molar-refractivity contribution < 1.29 is 24.2 Å². The number of amides is 1. The highest BCUT2D eigenvalue weighted by molar-refractivity contribution is 6.46. The maximum absolute atomic E-state index is 13.2. The molecule has 7 nitrogen and oxygen atoms in total. The van der Waals surface area contributed by atoms with E-state index in [4.69, 9.17) is 9.47 Å². The van der Waals surface area contributed by atoms with Gasteiger partial charge in [-0.05, 0) is 45.1 Å². The first-order valence-corrected chi connectivity index (χ1v) is 12.1. The molecule has 1 fully saturated rings. The fourth-order valence-electron chi connectivity index (χ4n) is 4.14. The van der Waals surface area contributed by atoms with Crippen LogP contribution in [0, 0.1) is 6.92 Å². The van der Waals surface area contributed by atoms with Crippen molar-refractivity contribution in [2.24, 2.45) is 0 Å². The molecule has 0 radical (unpaired) electrons. The summed E-state index contributed by atoms with van der Waals surface area (Å²) in [5.74, 6) is -0.363. The van der Waals surface area contributed by atoms with Crippen LogP contribution in [0.2, 0.25) is 0 Å². The van der Waals surface area contributed by atoms with Crippen LogP contribution < -0.4 is 9.47 Å². The second-order valence-electron chi connectivity index (χ2n) is 9.13. The topological polar surface area (TPSA) is 79.3 Å². The molecule has 1 saturated heterocycles. The van der Waals surface area contributed by atoms with E-state index in [0.29, 0.717) is 42.3 Å². The summed E-state index contributed by atoms with van der Waals surface area (Å²) in [6.45, 7) is 5.58. The van der Waals surface area contributed by atoms with Gasteiger partial charge in [-0.1, -0.05) is 55.7 Å². The number of carbonyl (C=O) groups excluding carboxylic acids is 2. The molecule has 188 valence electrons. The Bertz CT molecular complexity index is 1080. The van der Waals surface area contributed by atoms with E-state index >= 15 is 0 Å². The van der Waals surface area contributed by atoms with Gasteiger partial charge in [0.2, 0.25) is 0 Å². The molecule has 0 aromatic heterocycles. The third-order valence-electron chi connectivity index (χ3n) is 6.16. The van der Waals surface area contributed by atoms with Crippen molar-refractivity contribution in [2.75, 3.05) is 40.9 Å². The van der Waals surface area contributed by atoms with Crippen molar-refractivity contribution in [2.45, 2.75) is 39.2 Å². The van der Waals surface area contributed by atoms with Crippen LogP contribution in [0.1, 0.15) is 48.9 Å². The molecule has 2 aromatic carbocycles. The highest BCUT2D eigenvalue weighted by atomic mass is 16.5. The lowest BCUT2D eigenvalue weighted by Crippen LogP contribution is -2.35. The number of likely N-dealkylation sites (tertiary alicyclic amines) is 1. The molecule has 2 aromatic rings. The quantitative estimate of drug-likeness (QED) is 0.220. The lowest BCUT2D eigenvalue weighted by molar-refractivity contribution is -0.140. The minimum absolute atomic E-state index is 0.0799. The zero-order chi connectivity index (χ0) is 25.5. The molecule has 1 N–H and O–H groups in total. The molecular weight excluding hydrogens is 444 g/mol. The lowest BCUT2D eigenvalue weighted by atomic mass is 9.94. The first-order chi connectivity index (χ1) is 16.8. The number of aliphatic hydroxyl groups excluding tert-OH is 1. The van der Waals surface area contributed by atoms with Crippen molar-refractivity contribution in [3.63, 3.8) is 0 Å². The second kappa shape index (κ2) is 11.9. The van der Waals surface area contributed by atoms with Crippen molar-refractivity contribution in [3.05, 3.63) is 64.7 Å². The summed E-state index contributed by atoms with van der Waals surface area (Å²) in [5.41, 5.74) is 2.28. The Morgan fingerprint density at radius 2 is 1.77 bits per heavy atom. The van der Waals surface area contributed by atoms with E-state index in [9.17, 15) is 14.7 Å². The molecule has 1 aliphatic heterocycles. The molecule has 1 aliphatic rings. The van der Waals surface area contributed by atoms with E-state index in [1.54, 1.807) is 31.4 Å². The average Bonchev–Trinajstić information content (AvgIpc) is 3.10. The molecule has 7 heteroatoms. The Kier molecular flexibility index (Phi) is 8.93. The number of benzene rings is 2.